The molecule has 2 N–H and O–H groups in total. The molecule has 130 valence electrons. The highest BCUT2D eigenvalue weighted by Gasteiger charge is 2.15. The first-order chi connectivity index (χ1) is 11.9. The van der Waals surface area contributed by atoms with Crippen molar-refractivity contribution in [3.63, 3.8) is 0 Å². The summed E-state index contributed by atoms with van der Waals surface area (Å²) in [6.45, 7) is 3.08. The summed E-state index contributed by atoms with van der Waals surface area (Å²) >= 11 is 0. The zero-order valence-electron chi connectivity index (χ0n) is 13.7. The molecule has 8 nitrogen and oxygen atoms in total. The monoisotopic (exact) mass is 343 g/mol. The molecule has 2 aromatic rings. The lowest BCUT2D eigenvalue weighted by Crippen LogP contribution is -2.25. The van der Waals surface area contributed by atoms with Crippen molar-refractivity contribution in [1.29, 1.82) is 0 Å². The number of hydrogen-bond donors (Lipinski definition) is 2. The third-order valence-electron chi connectivity index (χ3n) is 3.31. The average molecular weight is 343 g/mol. The van der Waals surface area contributed by atoms with Gasteiger partial charge in [0.1, 0.15) is 5.75 Å². The second-order valence-electron chi connectivity index (χ2n) is 5.27. The topological polar surface area (TPSA) is 114 Å². The number of carbonyl (C=O) groups excluding carboxylic acids is 1. The molecule has 0 spiro atoms. The molecule has 0 aromatic heterocycles. The van der Waals surface area contributed by atoms with Crippen molar-refractivity contribution in [2.45, 2.75) is 13.8 Å². The maximum atomic E-state index is 11.8. The van der Waals surface area contributed by atoms with Crippen LogP contribution in [0.4, 0.5) is 5.69 Å². The molecule has 1 amide bonds. The number of rotatable bonds is 6. The van der Waals surface area contributed by atoms with Crippen molar-refractivity contribution < 1.29 is 19.6 Å². The minimum Gasteiger partial charge on any atom is -0.507 e. The zero-order valence-corrected chi connectivity index (χ0v) is 13.7. The molecule has 0 bridgehead atoms. The van der Waals surface area contributed by atoms with Gasteiger partial charge in [-0.2, -0.15) is 5.10 Å². The maximum absolute atomic E-state index is 11.8. The van der Waals surface area contributed by atoms with Gasteiger partial charge in [-0.3, -0.25) is 14.9 Å². The van der Waals surface area contributed by atoms with E-state index in [1.807, 2.05) is 6.92 Å². The lowest BCUT2D eigenvalue weighted by Gasteiger charge is -2.07. The number of nitro groups is 1. The van der Waals surface area contributed by atoms with Gasteiger partial charge in [0, 0.05) is 11.6 Å². The molecular weight excluding hydrogens is 326 g/mol. The number of benzene rings is 2. The standard InChI is InChI=1S/C17H17N3O5/c1-11-7-8-15(21)13(9-11)12(2)18-19-17(22)10-25-16-6-4-3-5-14(16)20(23)24/h3-9,21H,10H2,1-2H3,(H,19,22)/b18-12+. The first kappa shape index (κ1) is 17.9. The third-order valence-corrected chi connectivity index (χ3v) is 3.31. The lowest BCUT2D eigenvalue weighted by atomic mass is 10.1. The predicted octanol–water partition coefficient (Wildman–Crippen LogP) is 2.53. The molecule has 25 heavy (non-hydrogen) atoms. The first-order valence-electron chi connectivity index (χ1n) is 7.38. The van der Waals surface area contributed by atoms with Crippen LogP contribution in [0.3, 0.4) is 0 Å². The van der Waals surface area contributed by atoms with Crippen LogP contribution >= 0.6 is 0 Å². The van der Waals surface area contributed by atoms with E-state index in [9.17, 15) is 20.0 Å². The molecule has 8 heteroatoms. The van der Waals surface area contributed by atoms with Gasteiger partial charge < -0.3 is 9.84 Å². The van der Waals surface area contributed by atoms with E-state index in [-0.39, 0.29) is 17.2 Å². The van der Waals surface area contributed by atoms with E-state index in [4.69, 9.17) is 4.74 Å². The van der Waals surface area contributed by atoms with Crippen LogP contribution in [0.15, 0.2) is 47.6 Å². The van der Waals surface area contributed by atoms with Crippen LogP contribution in [0.25, 0.3) is 0 Å². The number of hydrogen-bond acceptors (Lipinski definition) is 6. The molecule has 0 fully saturated rings. The van der Waals surface area contributed by atoms with Gasteiger partial charge in [0.25, 0.3) is 5.91 Å². The number of hydrazone groups is 1. The van der Waals surface area contributed by atoms with Gasteiger partial charge in [-0.25, -0.2) is 5.43 Å². The van der Waals surface area contributed by atoms with E-state index in [1.54, 1.807) is 31.2 Å². The molecular formula is C17H17N3O5. The Morgan fingerprint density at radius 3 is 2.76 bits per heavy atom. The number of aromatic hydroxyl groups is 1. The highest BCUT2D eigenvalue weighted by Crippen LogP contribution is 2.25. The van der Waals surface area contributed by atoms with E-state index < -0.39 is 17.4 Å². The van der Waals surface area contributed by atoms with E-state index >= 15 is 0 Å². The van der Waals surface area contributed by atoms with Gasteiger partial charge in [-0.05, 0) is 32.0 Å². The number of para-hydroxylation sites is 2. The third kappa shape index (κ3) is 4.77. The fourth-order valence-electron chi connectivity index (χ4n) is 2.05. The zero-order chi connectivity index (χ0) is 18.4. The Labute approximate surface area is 143 Å². The lowest BCUT2D eigenvalue weighted by molar-refractivity contribution is -0.385. The van der Waals surface area contributed by atoms with E-state index in [0.29, 0.717) is 11.3 Å². The van der Waals surface area contributed by atoms with Crippen LogP contribution in [0, 0.1) is 17.0 Å². The van der Waals surface area contributed by atoms with Crippen molar-refractivity contribution in [1.82, 2.24) is 5.43 Å². The number of ether oxygens (including phenoxy) is 1. The van der Waals surface area contributed by atoms with Crippen molar-refractivity contribution in [3.05, 3.63) is 63.7 Å². The van der Waals surface area contributed by atoms with E-state index in [0.717, 1.165) is 5.56 Å². The maximum Gasteiger partial charge on any atom is 0.310 e. The number of nitrogens with one attached hydrogen (secondary N) is 1. The highest BCUT2D eigenvalue weighted by molar-refractivity contribution is 6.01. The minimum atomic E-state index is -0.587. The van der Waals surface area contributed by atoms with Crippen molar-refractivity contribution in [3.8, 4) is 11.5 Å². The number of nitrogens with zero attached hydrogens (tertiary/aromatic N) is 2. The number of carbonyl (C=O) groups is 1. The SMILES string of the molecule is C/C(=N\NC(=O)COc1ccccc1[N+](=O)[O-])c1cc(C)ccc1O. The summed E-state index contributed by atoms with van der Waals surface area (Å²) in [7, 11) is 0. The smallest absolute Gasteiger partial charge is 0.310 e. The molecule has 0 saturated carbocycles. The van der Waals surface area contributed by atoms with Crippen LogP contribution in [-0.2, 0) is 4.79 Å². The minimum absolute atomic E-state index is 0.000296. The van der Waals surface area contributed by atoms with Crippen molar-refractivity contribution in [2.24, 2.45) is 5.10 Å². The average Bonchev–Trinajstić information content (AvgIpc) is 2.60. The second-order valence-corrected chi connectivity index (χ2v) is 5.27. The summed E-state index contributed by atoms with van der Waals surface area (Å²) in [5.74, 6) is -0.526. The van der Waals surface area contributed by atoms with Crippen LogP contribution in [-0.4, -0.2) is 28.3 Å². The number of phenols is 1. The van der Waals surface area contributed by atoms with E-state index in [2.05, 4.69) is 10.5 Å². The Morgan fingerprint density at radius 1 is 1.32 bits per heavy atom. The first-order valence-corrected chi connectivity index (χ1v) is 7.38. The van der Waals surface area contributed by atoms with Gasteiger partial charge >= 0.3 is 5.69 Å². The van der Waals surface area contributed by atoms with Gasteiger partial charge in [0.15, 0.2) is 12.4 Å². The van der Waals surface area contributed by atoms with Crippen molar-refractivity contribution in [2.75, 3.05) is 6.61 Å². The molecule has 0 radical (unpaired) electrons. The Morgan fingerprint density at radius 2 is 2.04 bits per heavy atom. The molecule has 2 rings (SSSR count). The quantitative estimate of drug-likeness (QED) is 0.475. The Bertz CT molecular complexity index is 833. The molecule has 0 aliphatic heterocycles. The number of aryl methyl sites for hydroxylation is 1. The van der Waals surface area contributed by atoms with Gasteiger partial charge in [-0.15, -0.1) is 0 Å². The molecule has 0 unspecified atom stereocenters. The summed E-state index contributed by atoms with van der Waals surface area (Å²) in [6.07, 6.45) is 0. The molecule has 0 atom stereocenters. The molecule has 0 heterocycles. The molecule has 0 aliphatic carbocycles. The van der Waals surface area contributed by atoms with Crippen LogP contribution in [0.2, 0.25) is 0 Å². The number of amides is 1. The summed E-state index contributed by atoms with van der Waals surface area (Å²) in [4.78, 5) is 22.1. The molecule has 0 aliphatic rings. The van der Waals surface area contributed by atoms with Crippen LogP contribution in [0.5, 0.6) is 11.5 Å². The number of nitro benzene ring substituents is 1. The van der Waals surface area contributed by atoms with Gasteiger partial charge in [-0.1, -0.05) is 23.8 Å². The largest absolute Gasteiger partial charge is 0.507 e. The van der Waals surface area contributed by atoms with Crippen LogP contribution in [0.1, 0.15) is 18.1 Å². The summed E-state index contributed by atoms with van der Waals surface area (Å²) in [6, 6.07) is 10.8. The normalized spacial score (nSPS) is 11.0. The second kappa shape index (κ2) is 7.91. The van der Waals surface area contributed by atoms with Crippen molar-refractivity contribution >= 4 is 17.3 Å². The Kier molecular flexibility index (Phi) is 5.67. The summed E-state index contributed by atoms with van der Waals surface area (Å²) in [5.41, 5.74) is 3.92. The fraction of sp³-hybridized carbons (Fsp3) is 0.176. The Balaban J connectivity index is 1.99. The van der Waals surface area contributed by atoms with Crippen LogP contribution < -0.4 is 10.2 Å². The number of phenolic OH excluding ortho intramolecular Hbond substituents is 1. The molecule has 2 aromatic carbocycles. The van der Waals surface area contributed by atoms with Gasteiger partial charge in [0.05, 0.1) is 10.6 Å². The highest BCUT2D eigenvalue weighted by atomic mass is 16.6. The molecule has 0 saturated heterocycles. The van der Waals surface area contributed by atoms with Gasteiger partial charge in [0.2, 0.25) is 0 Å². The summed E-state index contributed by atoms with van der Waals surface area (Å²) < 4.78 is 5.17. The fourth-order valence-corrected chi connectivity index (χ4v) is 2.05. The Hall–Kier alpha value is -3.42. The van der Waals surface area contributed by atoms with E-state index in [1.165, 1.54) is 18.2 Å². The predicted molar refractivity (Wildman–Crippen MR) is 91.8 cm³/mol. The summed E-state index contributed by atoms with van der Waals surface area (Å²) in [5, 5.41) is 24.6.